The van der Waals surface area contributed by atoms with Crippen LogP contribution >= 0.6 is 11.6 Å². The topological polar surface area (TPSA) is 114 Å². The molecule has 0 unspecified atom stereocenters. The van der Waals surface area contributed by atoms with Gasteiger partial charge in [-0.25, -0.2) is 8.42 Å². The lowest BCUT2D eigenvalue weighted by Crippen LogP contribution is -2.40. The molecule has 11 heteroatoms. The quantitative estimate of drug-likeness (QED) is 0.238. The molecule has 9 nitrogen and oxygen atoms in total. The molecular formula is C31H37ClN4O5S. The van der Waals surface area contributed by atoms with Crippen LogP contribution in [0.1, 0.15) is 75.7 Å². The third-order valence-electron chi connectivity index (χ3n) is 7.94. The van der Waals surface area contributed by atoms with Gasteiger partial charge in [-0.05, 0) is 55.9 Å². The van der Waals surface area contributed by atoms with Crippen LogP contribution in [0, 0.1) is 6.92 Å². The van der Waals surface area contributed by atoms with Crippen LogP contribution in [0.25, 0.3) is 11.1 Å². The standard InChI is InChI=1S/C31H37ClN4O5S/c1-4-6-13-27-33-31(16-9-10-17-31)30(37)36(27)19-22-14-15-24(23(18-22)20-40-5-2)25-11-7-8-12-26(25)42(38,39)35-29-28(32)21(3)41-34-29/h7-8,11-12,14-15,18H,4-6,9-10,13,16-17,19-20H2,1-3H3,(H,34,35). The molecule has 1 spiro atoms. The van der Waals surface area contributed by atoms with E-state index in [1.54, 1.807) is 25.1 Å². The molecule has 1 amide bonds. The van der Waals surface area contributed by atoms with Gasteiger partial charge in [-0.2, -0.15) is 0 Å². The summed E-state index contributed by atoms with van der Waals surface area (Å²) in [5.74, 6) is 1.23. The molecule has 1 N–H and O–H groups in total. The number of amidine groups is 1. The van der Waals surface area contributed by atoms with Crippen molar-refractivity contribution in [2.75, 3.05) is 11.3 Å². The lowest BCUT2D eigenvalue weighted by Gasteiger charge is -2.23. The third-order valence-corrected chi connectivity index (χ3v) is 9.79. The van der Waals surface area contributed by atoms with Crippen molar-refractivity contribution in [1.29, 1.82) is 0 Å². The Labute approximate surface area is 252 Å². The van der Waals surface area contributed by atoms with Crippen molar-refractivity contribution < 1.29 is 22.5 Å². The number of aryl methyl sites for hydroxylation is 1. The molecule has 2 aromatic carbocycles. The third kappa shape index (κ3) is 5.98. The fourth-order valence-corrected chi connectivity index (χ4v) is 7.15. The van der Waals surface area contributed by atoms with Crippen LogP contribution < -0.4 is 4.72 Å². The minimum absolute atomic E-state index is 0.0651. The van der Waals surface area contributed by atoms with Crippen LogP contribution in [0.4, 0.5) is 5.82 Å². The number of nitrogens with zero attached hydrogens (tertiary/aromatic N) is 3. The fraction of sp³-hybridized carbons (Fsp3) is 0.452. The lowest BCUT2D eigenvalue weighted by molar-refractivity contribution is -0.131. The Morgan fingerprint density at radius 3 is 2.57 bits per heavy atom. The number of benzene rings is 2. The van der Waals surface area contributed by atoms with Crippen molar-refractivity contribution in [2.24, 2.45) is 4.99 Å². The summed E-state index contributed by atoms with van der Waals surface area (Å²) >= 11 is 6.18. The molecule has 0 radical (unpaired) electrons. The molecule has 5 rings (SSSR count). The molecule has 2 aliphatic rings. The Bertz CT molecular complexity index is 1590. The lowest BCUT2D eigenvalue weighted by atomic mass is 9.96. The first-order valence-corrected chi connectivity index (χ1v) is 16.4. The second-order valence-corrected chi connectivity index (χ2v) is 12.9. The number of anilines is 1. The molecule has 1 fully saturated rings. The number of rotatable bonds is 12. The molecule has 224 valence electrons. The smallest absolute Gasteiger partial charge is 0.263 e. The van der Waals surface area contributed by atoms with Crippen LogP contribution in [0.5, 0.6) is 0 Å². The van der Waals surface area contributed by atoms with Crippen molar-refractivity contribution in [2.45, 2.75) is 89.3 Å². The van der Waals surface area contributed by atoms with Gasteiger partial charge in [0.15, 0.2) is 5.76 Å². The normalized spacial score (nSPS) is 16.4. The van der Waals surface area contributed by atoms with Gasteiger partial charge >= 0.3 is 0 Å². The highest BCUT2D eigenvalue weighted by atomic mass is 35.5. The van der Waals surface area contributed by atoms with Crippen LogP contribution in [-0.2, 0) is 32.7 Å². The molecule has 1 aliphatic carbocycles. The molecule has 42 heavy (non-hydrogen) atoms. The van der Waals surface area contributed by atoms with Gasteiger partial charge in [-0.1, -0.05) is 79.3 Å². The molecule has 3 aromatic rings. The number of ether oxygens (including phenoxy) is 1. The Morgan fingerprint density at radius 1 is 1.12 bits per heavy atom. The van der Waals surface area contributed by atoms with E-state index in [0.29, 0.717) is 24.5 Å². The fourth-order valence-electron chi connectivity index (χ4n) is 5.75. The van der Waals surface area contributed by atoms with Crippen LogP contribution in [0.2, 0.25) is 5.02 Å². The van der Waals surface area contributed by atoms with Gasteiger partial charge in [0.1, 0.15) is 16.4 Å². The zero-order chi connectivity index (χ0) is 29.9. The number of carbonyl (C=O) groups excluding carboxylic acids is 1. The number of hydrogen-bond donors (Lipinski definition) is 1. The Balaban J connectivity index is 1.49. The first-order chi connectivity index (χ1) is 20.2. The molecule has 1 aromatic heterocycles. The average Bonchev–Trinajstić information content (AvgIpc) is 3.66. The second kappa shape index (κ2) is 12.6. The largest absolute Gasteiger partial charge is 0.377 e. The van der Waals surface area contributed by atoms with E-state index in [0.717, 1.165) is 67.5 Å². The number of aliphatic imine (C=N–C) groups is 1. The van der Waals surface area contributed by atoms with E-state index in [-0.39, 0.29) is 28.3 Å². The minimum Gasteiger partial charge on any atom is -0.377 e. The number of hydrogen-bond acceptors (Lipinski definition) is 7. The van der Waals surface area contributed by atoms with Crippen molar-refractivity contribution in [3.05, 3.63) is 64.4 Å². The summed E-state index contributed by atoms with van der Waals surface area (Å²) in [5, 5.41) is 3.85. The van der Waals surface area contributed by atoms with Crippen LogP contribution in [0.3, 0.4) is 0 Å². The summed E-state index contributed by atoms with van der Waals surface area (Å²) in [6.07, 6.45) is 6.46. The van der Waals surface area contributed by atoms with Gasteiger partial charge in [0.2, 0.25) is 5.82 Å². The predicted molar refractivity (Wildman–Crippen MR) is 163 cm³/mol. The van der Waals surface area contributed by atoms with E-state index < -0.39 is 15.6 Å². The van der Waals surface area contributed by atoms with Crippen molar-refractivity contribution in [1.82, 2.24) is 10.1 Å². The van der Waals surface area contributed by atoms with Crippen LogP contribution in [-0.4, -0.2) is 42.4 Å². The highest BCUT2D eigenvalue weighted by Crippen LogP contribution is 2.40. The summed E-state index contributed by atoms with van der Waals surface area (Å²) in [6, 6.07) is 12.6. The molecule has 1 aliphatic heterocycles. The zero-order valence-electron chi connectivity index (χ0n) is 24.3. The molecule has 0 bridgehead atoms. The van der Waals surface area contributed by atoms with Gasteiger partial charge < -0.3 is 9.26 Å². The summed E-state index contributed by atoms with van der Waals surface area (Å²) in [4.78, 5) is 20.6. The SMILES string of the molecule is CCCCC1=NC2(CCCC2)C(=O)N1Cc1ccc(-c2ccccc2S(=O)(=O)Nc2noc(C)c2Cl)c(COCC)c1. The summed E-state index contributed by atoms with van der Waals surface area (Å²) in [6.45, 7) is 6.84. The van der Waals surface area contributed by atoms with Gasteiger partial charge in [-0.3, -0.25) is 19.4 Å². The van der Waals surface area contributed by atoms with Gasteiger partial charge in [0.05, 0.1) is 18.0 Å². The van der Waals surface area contributed by atoms with E-state index in [1.807, 2.05) is 30.0 Å². The summed E-state index contributed by atoms with van der Waals surface area (Å²) in [5.41, 5.74) is 2.39. The molecular weight excluding hydrogens is 576 g/mol. The van der Waals surface area contributed by atoms with Gasteiger partial charge in [0.25, 0.3) is 15.9 Å². The Morgan fingerprint density at radius 2 is 1.88 bits per heavy atom. The van der Waals surface area contributed by atoms with Gasteiger partial charge in [0, 0.05) is 18.6 Å². The zero-order valence-corrected chi connectivity index (χ0v) is 25.9. The first kappa shape index (κ1) is 30.3. The number of carbonyl (C=O) groups is 1. The molecule has 0 saturated heterocycles. The maximum atomic E-state index is 13.7. The molecule has 1 saturated carbocycles. The average molecular weight is 613 g/mol. The first-order valence-electron chi connectivity index (χ1n) is 14.5. The van der Waals surface area contributed by atoms with Crippen molar-refractivity contribution in [3.63, 3.8) is 0 Å². The van der Waals surface area contributed by atoms with Crippen molar-refractivity contribution >= 4 is 39.2 Å². The van der Waals surface area contributed by atoms with Crippen molar-refractivity contribution in [3.8, 4) is 11.1 Å². The second-order valence-electron chi connectivity index (χ2n) is 10.9. The molecule has 0 atom stereocenters. The monoisotopic (exact) mass is 612 g/mol. The predicted octanol–water partition coefficient (Wildman–Crippen LogP) is 6.88. The Kier molecular flexibility index (Phi) is 9.05. The van der Waals surface area contributed by atoms with E-state index in [1.165, 1.54) is 6.07 Å². The minimum atomic E-state index is -4.07. The highest BCUT2D eigenvalue weighted by molar-refractivity contribution is 7.92. The van der Waals surface area contributed by atoms with E-state index in [4.69, 9.17) is 25.9 Å². The van der Waals surface area contributed by atoms with Gasteiger partial charge in [-0.15, -0.1) is 0 Å². The number of aromatic nitrogens is 1. The maximum Gasteiger partial charge on any atom is 0.263 e. The van der Waals surface area contributed by atoms with E-state index in [9.17, 15) is 13.2 Å². The number of nitrogens with one attached hydrogen (secondary N) is 1. The van der Waals surface area contributed by atoms with E-state index >= 15 is 0 Å². The number of amides is 1. The number of unbranched alkanes of at least 4 members (excludes halogenated alkanes) is 1. The number of halogens is 1. The summed E-state index contributed by atoms with van der Waals surface area (Å²) < 4.78 is 40.3. The highest BCUT2D eigenvalue weighted by Gasteiger charge is 2.49. The Hall–Kier alpha value is -3.21. The summed E-state index contributed by atoms with van der Waals surface area (Å²) in [7, 11) is -4.07. The van der Waals surface area contributed by atoms with E-state index in [2.05, 4.69) is 16.8 Å². The maximum absolute atomic E-state index is 13.7. The van der Waals surface area contributed by atoms with Crippen LogP contribution in [0.15, 0.2) is 56.9 Å². The number of sulfonamides is 1. The molecule has 2 heterocycles.